The molecule has 1 aromatic heterocycles. The monoisotopic (exact) mass is 625 g/mol. The highest BCUT2D eigenvalue weighted by Crippen LogP contribution is 2.56. The molecular formula is C48H35N. The van der Waals surface area contributed by atoms with Crippen LogP contribution in [0, 0.1) is 0 Å². The van der Waals surface area contributed by atoms with E-state index >= 15 is 0 Å². The van der Waals surface area contributed by atoms with Gasteiger partial charge in [-0.15, -0.1) is 0 Å². The molecule has 2 aliphatic carbocycles. The lowest BCUT2D eigenvalue weighted by atomic mass is 9.79. The first-order valence-corrected chi connectivity index (χ1v) is 17.3. The lowest BCUT2D eigenvalue weighted by Crippen LogP contribution is -2.15. The van der Waals surface area contributed by atoms with Gasteiger partial charge in [0, 0.05) is 27.3 Å². The Morgan fingerprint density at radius 1 is 0.571 bits per heavy atom. The molecule has 1 nitrogen and oxygen atoms in total. The molecule has 0 saturated heterocycles. The minimum Gasteiger partial charge on any atom is -0.309 e. The van der Waals surface area contributed by atoms with Gasteiger partial charge in [0.15, 0.2) is 0 Å². The zero-order chi connectivity index (χ0) is 33.0. The smallest absolute Gasteiger partial charge is 0.0625 e. The summed E-state index contributed by atoms with van der Waals surface area (Å²) in [6, 6.07) is 46.9. The third-order valence-corrected chi connectivity index (χ3v) is 11.2. The number of hydrogen-bond donors (Lipinski definition) is 0. The number of rotatable bonds is 4. The average Bonchev–Trinajstić information content (AvgIpc) is 3.74. The van der Waals surface area contributed by atoms with Gasteiger partial charge in [0.05, 0.1) is 11.0 Å². The molecule has 0 unspecified atom stereocenters. The first kappa shape index (κ1) is 28.1. The molecule has 1 heterocycles. The van der Waals surface area contributed by atoms with Crippen molar-refractivity contribution in [2.24, 2.45) is 0 Å². The Bertz CT molecular complexity index is 2780. The number of benzene rings is 7. The van der Waals surface area contributed by atoms with Crippen LogP contribution in [0.5, 0.6) is 0 Å². The van der Waals surface area contributed by atoms with Crippen molar-refractivity contribution in [1.29, 1.82) is 0 Å². The van der Waals surface area contributed by atoms with Crippen molar-refractivity contribution in [3.8, 4) is 33.4 Å². The van der Waals surface area contributed by atoms with E-state index in [4.69, 9.17) is 0 Å². The van der Waals surface area contributed by atoms with Crippen LogP contribution in [0.15, 0.2) is 152 Å². The molecule has 232 valence electrons. The Labute approximate surface area is 286 Å². The molecule has 0 saturated carbocycles. The number of aromatic nitrogens is 1. The van der Waals surface area contributed by atoms with E-state index in [2.05, 4.69) is 178 Å². The molecule has 0 N–H and O–H groups in total. The number of hydrogen-bond acceptors (Lipinski definition) is 0. The molecule has 8 aromatic rings. The molecule has 0 fully saturated rings. The van der Waals surface area contributed by atoms with Gasteiger partial charge in [0.1, 0.15) is 0 Å². The molecule has 10 rings (SSSR count). The SMILES string of the molecule is C=C(/C=C\C(=C/C)n1c2ccccc2c2c3c(c4ccccc4c21)C(C)(C)c1ccccc1-3)c1ccc2c3c(cccc13)-c1ccccc1-2. The minimum absolute atomic E-state index is 0.106. The summed E-state index contributed by atoms with van der Waals surface area (Å²) in [5.74, 6) is 0. The summed E-state index contributed by atoms with van der Waals surface area (Å²) in [6.07, 6.45) is 6.70. The van der Waals surface area contributed by atoms with Crippen molar-refractivity contribution in [2.75, 3.05) is 0 Å². The predicted octanol–water partition coefficient (Wildman–Crippen LogP) is 13.2. The zero-order valence-corrected chi connectivity index (χ0v) is 28.0. The standard InChI is InChI=1S/C48H35N/c1-5-30(26-25-29(2)31-27-28-36-33-16-7-6-15-32(33)35-22-14-21-34(31)43(35)36)49-42-24-13-11-20-40(42)45-44-39-19-10-12-23-41(39)48(3,4)46(44)37-17-8-9-18-38(37)47(45)49/h5-28H,2H2,1,3-4H3/b26-25-,30-5+. The fraction of sp³-hybridized carbons (Fsp3) is 0.0833. The van der Waals surface area contributed by atoms with E-state index in [-0.39, 0.29) is 5.41 Å². The molecular weight excluding hydrogens is 591 g/mol. The second-order valence-corrected chi connectivity index (χ2v) is 14.0. The topological polar surface area (TPSA) is 4.93 Å². The van der Waals surface area contributed by atoms with E-state index in [9.17, 15) is 0 Å². The second kappa shape index (κ2) is 10.0. The van der Waals surface area contributed by atoms with Crippen molar-refractivity contribution in [3.05, 3.63) is 169 Å². The van der Waals surface area contributed by atoms with Crippen LogP contribution in [-0.2, 0) is 5.41 Å². The van der Waals surface area contributed by atoms with E-state index in [1.165, 1.54) is 93.4 Å². The van der Waals surface area contributed by atoms with E-state index in [0.717, 1.165) is 11.3 Å². The zero-order valence-electron chi connectivity index (χ0n) is 28.0. The third-order valence-electron chi connectivity index (χ3n) is 11.2. The fourth-order valence-electron chi connectivity index (χ4n) is 9.15. The molecule has 0 amide bonds. The van der Waals surface area contributed by atoms with Crippen LogP contribution in [0.4, 0.5) is 0 Å². The summed E-state index contributed by atoms with van der Waals surface area (Å²) in [4.78, 5) is 0. The number of nitrogens with zero attached hydrogens (tertiary/aromatic N) is 1. The van der Waals surface area contributed by atoms with Crippen molar-refractivity contribution in [2.45, 2.75) is 26.2 Å². The average molecular weight is 626 g/mol. The highest BCUT2D eigenvalue weighted by molar-refractivity contribution is 6.27. The van der Waals surface area contributed by atoms with Crippen LogP contribution in [0.1, 0.15) is 37.5 Å². The Morgan fingerprint density at radius 3 is 1.96 bits per heavy atom. The van der Waals surface area contributed by atoms with Crippen LogP contribution in [0.2, 0.25) is 0 Å². The van der Waals surface area contributed by atoms with E-state index < -0.39 is 0 Å². The van der Waals surface area contributed by atoms with Crippen molar-refractivity contribution in [1.82, 2.24) is 4.57 Å². The largest absolute Gasteiger partial charge is 0.309 e. The maximum Gasteiger partial charge on any atom is 0.0625 e. The first-order valence-electron chi connectivity index (χ1n) is 17.3. The van der Waals surface area contributed by atoms with Crippen LogP contribution >= 0.6 is 0 Å². The van der Waals surface area contributed by atoms with Crippen LogP contribution in [0.3, 0.4) is 0 Å². The van der Waals surface area contributed by atoms with E-state index in [1.54, 1.807) is 0 Å². The summed E-state index contributed by atoms with van der Waals surface area (Å²) in [5.41, 5.74) is 16.5. The summed E-state index contributed by atoms with van der Waals surface area (Å²) in [5, 5.41) is 7.81. The maximum atomic E-state index is 4.63. The minimum atomic E-state index is -0.106. The van der Waals surface area contributed by atoms with Gasteiger partial charge in [-0.05, 0) is 90.9 Å². The van der Waals surface area contributed by atoms with Gasteiger partial charge in [-0.1, -0.05) is 154 Å². The van der Waals surface area contributed by atoms with Gasteiger partial charge < -0.3 is 4.57 Å². The van der Waals surface area contributed by atoms with Gasteiger partial charge in [0.25, 0.3) is 0 Å². The van der Waals surface area contributed by atoms with Gasteiger partial charge in [-0.25, -0.2) is 0 Å². The highest BCUT2D eigenvalue weighted by Gasteiger charge is 2.39. The van der Waals surface area contributed by atoms with Crippen molar-refractivity contribution in [3.63, 3.8) is 0 Å². The summed E-state index contributed by atoms with van der Waals surface area (Å²) >= 11 is 0. The fourth-order valence-corrected chi connectivity index (χ4v) is 9.15. The lowest BCUT2D eigenvalue weighted by molar-refractivity contribution is 0.666. The highest BCUT2D eigenvalue weighted by atomic mass is 15.0. The molecule has 0 atom stereocenters. The third kappa shape index (κ3) is 3.65. The molecule has 1 heteroatoms. The molecule has 0 spiro atoms. The maximum absolute atomic E-state index is 4.63. The van der Waals surface area contributed by atoms with Gasteiger partial charge in [-0.2, -0.15) is 0 Å². The number of allylic oxidation sites excluding steroid dienone is 5. The molecule has 0 aliphatic heterocycles. The molecule has 0 radical (unpaired) electrons. The van der Waals surface area contributed by atoms with Gasteiger partial charge in [0.2, 0.25) is 0 Å². The van der Waals surface area contributed by atoms with Crippen LogP contribution < -0.4 is 0 Å². The predicted molar refractivity (Wildman–Crippen MR) is 211 cm³/mol. The Morgan fingerprint density at radius 2 is 1.18 bits per heavy atom. The Balaban J connectivity index is 1.19. The van der Waals surface area contributed by atoms with Crippen molar-refractivity contribution < 1.29 is 0 Å². The lowest BCUT2D eigenvalue weighted by Gasteiger charge is -2.24. The van der Waals surface area contributed by atoms with Crippen LogP contribution in [-0.4, -0.2) is 4.57 Å². The van der Waals surface area contributed by atoms with Crippen LogP contribution in [0.25, 0.3) is 88.0 Å². The molecule has 2 aliphatic rings. The Kier molecular flexibility index (Phi) is 5.77. The van der Waals surface area contributed by atoms with Gasteiger partial charge >= 0.3 is 0 Å². The summed E-state index contributed by atoms with van der Waals surface area (Å²) in [7, 11) is 0. The molecule has 49 heavy (non-hydrogen) atoms. The Hall–Kier alpha value is -5.92. The summed E-state index contributed by atoms with van der Waals surface area (Å²) < 4.78 is 2.48. The number of para-hydroxylation sites is 1. The second-order valence-electron chi connectivity index (χ2n) is 14.0. The normalized spacial score (nSPS) is 14.3. The van der Waals surface area contributed by atoms with Crippen molar-refractivity contribution >= 4 is 54.6 Å². The number of fused-ring (bicyclic) bond motifs is 13. The van der Waals surface area contributed by atoms with E-state index in [0.29, 0.717) is 0 Å². The first-order chi connectivity index (χ1) is 24.0. The van der Waals surface area contributed by atoms with E-state index in [1.807, 2.05) is 0 Å². The van der Waals surface area contributed by atoms with Gasteiger partial charge in [-0.3, -0.25) is 0 Å². The molecule has 0 bridgehead atoms. The summed E-state index contributed by atoms with van der Waals surface area (Å²) in [6.45, 7) is 11.6. The molecule has 7 aromatic carbocycles. The quantitative estimate of drug-likeness (QED) is 0.172.